The maximum absolute atomic E-state index is 13.7. The van der Waals surface area contributed by atoms with Gasteiger partial charge >= 0.3 is 0 Å². The van der Waals surface area contributed by atoms with Crippen molar-refractivity contribution < 1.29 is 13.9 Å². The van der Waals surface area contributed by atoms with Crippen LogP contribution >= 0.6 is 0 Å². The number of aryl methyl sites for hydroxylation is 1. The Kier molecular flexibility index (Phi) is 6.30. The van der Waals surface area contributed by atoms with Crippen LogP contribution in [0.2, 0.25) is 0 Å². The first-order valence-corrected chi connectivity index (χ1v) is 10.7. The first kappa shape index (κ1) is 21.0. The van der Waals surface area contributed by atoms with Crippen LogP contribution in [0.15, 0.2) is 55.0 Å². The summed E-state index contributed by atoms with van der Waals surface area (Å²) in [5, 5.41) is 4.32. The van der Waals surface area contributed by atoms with Crippen LogP contribution in [0.5, 0.6) is 5.88 Å². The van der Waals surface area contributed by atoms with Crippen molar-refractivity contribution in [2.75, 3.05) is 13.2 Å². The number of hydrogen-bond donors (Lipinski definition) is 0. The lowest BCUT2D eigenvalue weighted by Gasteiger charge is -2.41. The van der Waals surface area contributed by atoms with Gasteiger partial charge in [0.2, 0.25) is 5.88 Å². The molecule has 1 saturated heterocycles. The van der Waals surface area contributed by atoms with E-state index in [4.69, 9.17) is 4.74 Å². The molecular weight excluding hydrogens is 395 g/mol. The molecule has 7 heteroatoms. The molecule has 4 rings (SSSR count). The van der Waals surface area contributed by atoms with Crippen molar-refractivity contribution in [3.05, 3.63) is 71.9 Å². The van der Waals surface area contributed by atoms with E-state index in [-0.39, 0.29) is 23.7 Å². The van der Waals surface area contributed by atoms with Crippen molar-refractivity contribution in [2.24, 2.45) is 5.92 Å². The summed E-state index contributed by atoms with van der Waals surface area (Å²) in [5.74, 6) is 0.219. The van der Waals surface area contributed by atoms with E-state index < -0.39 is 0 Å². The van der Waals surface area contributed by atoms with Crippen LogP contribution in [0.4, 0.5) is 4.39 Å². The maximum Gasteiger partial charge on any atom is 0.256 e. The Morgan fingerprint density at radius 2 is 2.16 bits per heavy atom. The van der Waals surface area contributed by atoms with Crippen LogP contribution in [0, 0.1) is 18.7 Å². The number of ether oxygens (including phenoxy) is 1. The van der Waals surface area contributed by atoms with Crippen LogP contribution < -0.4 is 4.74 Å². The number of benzene rings is 1. The van der Waals surface area contributed by atoms with Crippen molar-refractivity contribution in [2.45, 2.75) is 39.2 Å². The standard InChI is InChI=1S/C24H27FN4O2/c1-3-21-18(16-31-23-10-8-19(25)15-26-23)6-4-12-28(21)24(30)20-14-17(2)7-9-22(20)29-13-5-11-27-29/h5,7-11,13-15,18,21H,3-4,6,12,16H2,1-2H3/t18-,21?/m1/s1. The van der Waals surface area contributed by atoms with E-state index in [0.29, 0.717) is 18.1 Å². The number of aromatic nitrogens is 3. The molecule has 1 fully saturated rings. The highest BCUT2D eigenvalue weighted by molar-refractivity contribution is 5.98. The number of carbonyl (C=O) groups excluding carboxylic acids is 1. The average Bonchev–Trinajstić information content (AvgIpc) is 3.32. The number of piperidine rings is 1. The molecule has 0 saturated carbocycles. The summed E-state index contributed by atoms with van der Waals surface area (Å²) >= 11 is 0. The predicted octanol–water partition coefficient (Wildman–Crippen LogP) is 4.42. The molecule has 6 nitrogen and oxygen atoms in total. The van der Waals surface area contributed by atoms with Gasteiger partial charge in [0, 0.05) is 37.0 Å². The van der Waals surface area contributed by atoms with Gasteiger partial charge in [0.1, 0.15) is 5.82 Å². The topological polar surface area (TPSA) is 60.2 Å². The van der Waals surface area contributed by atoms with E-state index in [2.05, 4.69) is 17.0 Å². The van der Waals surface area contributed by atoms with Crippen LogP contribution in [0.1, 0.15) is 42.1 Å². The molecule has 0 N–H and O–H groups in total. The third kappa shape index (κ3) is 4.60. The summed E-state index contributed by atoms with van der Waals surface area (Å²) in [6.07, 6.45) is 7.43. The van der Waals surface area contributed by atoms with E-state index >= 15 is 0 Å². The molecule has 0 radical (unpaired) electrons. The van der Waals surface area contributed by atoms with Gasteiger partial charge in [-0.05, 0) is 50.5 Å². The molecule has 0 aliphatic carbocycles. The molecule has 0 bridgehead atoms. The molecule has 162 valence electrons. The second-order valence-electron chi connectivity index (χ2n) is 7.97. The number of halogens is 1. The minimum absolute atomic E-state index is 0.0191. The summed E-state index contributed by atoms with van der Waals surface area (Å²) in [7, 11) is 0. The number of rotatable bonds is 6. The van der Waals surface area contributed by atoms with E-state index in [1.165, 1.54) is 12.1 Å². The van der Waals surface area contributed by atoms with Crippen molar-refractivity contribution >= 4 is 5.91 Å². The Balaban J connectivity index is 1.55. The number of hydrogen-bond acceptors (Lipinski definition) is 4. The Hall–Kier alpha value is -3.22. The molecule has 1 amide bonds. The van der Waals surface area contributed by atoms with Crippen molar-refractivity contribution in [3.8, 4) is 11.6 Å². The van der Waals surface area contributed by atoms with Crippen LogP contribution in [-0.4, -0.2) is 44.8 Å². The summed E-state index contributed by atoms with van der Waals surface area (Å²) in [6.45, 7) is 5.25. The number of likely N-dealkylation sites (tertiary alicyclic amines) is 1. The second-order valence-corrected chi connectivity index (χ2v) is 7.97. The van der Waals surface area contributed by atoms with Gasteiger partial charge in [-0.2, -0.15) is 5.10 Å². The minimum Gasteiger partial charge on any atom is -0.477 e. The third-order valence-electron chi connectivity index (χ3n) is 5.88. The Bertz CT molecular complexity index is 1020. The van der Waals surface area contributed by atoms with Crippen LogP contribution in [0.3, 0.4) is 0 Å². The molecule has 2 atom stereocenters. The first-order valence-electron chi connectivity index (χ1n) is 10.7. The quantitative estimate of drug-likeness (QED) is 0.590. The normalized spacial score (nSPS) is 18.7. The molecule has 1 unspecified atom stereocenters. The van der Waals surface area contributed by atoms with Crippen LogP contribution in [0.25, 0.3) is 5.69 Å². The molecule has 2 aromatic heterocycles. The zero-order valence-corrected chi connectivity index (χ0v) is 17.9. The highest BCUT2D eigenvalue weighted by atomic mass is 19.1. The average molecular weight is 423 g/mol. The number of carbonyl (C=O) groups is 1. The monoisotopic (exact) mass is 422 g/mol. The minimum atomic E-state index is -0.389. The fraction of sp³-hybridized carbons (Fsp3) is 0.375. The first-order chi connectivity index (χ1) is 15.1. The Morgan fingerprint density at radius 1 is 1.29 bits per heavy atom. The lowest BCUT2D eigenvalue weighted by Crippen LogP contribution is -2.50. The molecule has 1 aromatic carbocycles. The van der Waals surface area contributed by atoms with E-state index in [1.54, 1.807) is 10.9 Å². The lowest BCUT2D eigenvalue weighted by molar-refractivity contribution is 0.0392. The molecule has 1 aliphatic heterocycles. The lowest BCUT2D eigenvalue weighted by atomic mass is 9.87. The van der Waals surface area contributed by atoms with Gasteiger partial charge in [0.15, 0.2) is 0 Å². The predicted molar refractivity (Wildman–Crippen MR) is 116 cm³/mol. The van der Waals surface area contributed by atoms with Crippen molar-refractivity contribution in [1.82, 2.24) is 19.7 Å². The summed E-state index contributed by atoms with van der Waals surface area (Å²) in [4.78, 5) is 19.6. The van der Waals surface area contributed by atoms with Gasteiger partial charge in [-0.3, -0.25) is 4.79 Å². The zero-order chi connectivity index (χ0) is 21.8. The SMILES string of the molecule is CCC1[C@@H](COc2ccc(F)cn2)CCCN1C(=O)c1cc(C)ccc1-n1cccn1. The fourth-order valence-corrected chi connectivity index (χ4v) is 4.36. The summed E-state index contributed by atoms with van der Waals surface area (Å²) in [6, 6.07) is 10.7. The maximum atomic E-state index is 13.7. The molecular formula is C24H27FN4O2. The largest absolute Gasteiger partial charge is 0.477 e. The molecule has 0 spiro atoms. The Labute approximate surface area is 181 Å². The van der Waals surface area contributed by atoms with Gasteiger partial charge in [0.25, 0.3) is 5.91 Å². The van der Waals surface area contributed by atoms with Crippen molar-refractivity contribution in [1.29, 1.82) is 0 Å². The highest BCUT2D eigenvalue weighted by Crippen LogP contribution is 2.29. The summed E-state index contributed by atoms with van der Waals surface area (Å²) in [5.41, 5.74) is 2.47. The third-order valence-corrected chi connectivity index (χ3v) is 5.88. The van der Waals surface area contributed by atoms with Gasteiger partial charge < -0.3 is 9.64 Å². The van der Waals surface area contributed by atoms with E-state index in [1.807, 2.05) is 42.3 Å². The second kappa shape index (κ2) is 9.29. The summed E-state index contributed by atoms with van der Waals surface area (Å²) < 4.78 is 20.7. The number of pyridine rings is 1. The zero-order valence-electron chi connectivity index (χ0n) is 17.9. The van der Waals surface area contributed by atoms with Gasteiger partial charge in [-0.1, -0.05) is 18.6 Å². The smallest absolute Gasteiger partial charge is 0.256 e. The highest BCUT2D eigenvalue weighted by Gasteiger charge is 2.35. The van der Waals surface area contributed by atoms with Gasteiger partial charge in [-0.25, -0.2) is 14.1 Å². The van der Waals surface area contributed by atoms with Crippen LogP contribution in [-0.2, 0) is 0 Å². The number of amides is 1. The van der Waals surface area contributed by atoms with Gasteiger partial charge in [0.05, 0.1) is 24.1 Å². The molecule has 1 aliphatic rings. The number of nitrogens with zero attached hydrogens (tertiary/aromatic N) is 4. The fourth-order valence-electron chi connectivity index (χ4n) is 4.36. The molecule has 3 heterocycles. The van der Waals surface area contributed by atoms with Gasteiger partial charge in [-0.15, -0.1) is 0 Å². The molecule has 31 heavy (non-hydrogen) atoms. The van der Waals surface area contributed by atoms with Crippen molar-refractivity contribution in [3.63, 3.8) is 0 Å². The Morgan fingerprint density at radius 3 is 2.87 bits per heavy atom. The van der Waals surface area contributed by atoms with E-state index in [9.17, 15) is 9.18 Å². The molecule has 3 aromatic rings. The van der Waals surface area contributed by atoms with E-state index in [0.717, 1.165) is 43.3 Å².